The standard InChI is InChI=1S/C11H12O4/c1-14-10(11(13)15-2)7-8-3-5-9(12)6-4-8/h3-7,12H,1-2H3. The second kappa shape index (κ2) is 5.05. The molecule has 1 rings (SSSR count). The van der Waals surface area contributed by atoms with Gasteiger partial charge in [-0.3, -0.25) is 0 Å². The molecule has 0 aliphatic carbocycles. The fourth-order valence-electron chi connectivity index (χ4n) is 1.02. The molecule has 0 radical (unpaired) electrons. The average Bonchev–Trinajstić information content (AvgIpc) is 2.27. The number of phenolic OH excluding ortho intramolecular Hbond substituents is 1. The van der Waals surface area contributed by atoms with Gasteiger partial charge in [0.1, 0.15) is 5.75 Å². The van der Waals surface area contributed by atoms with E-state index in [9.17, 15) is 4.79 Å². The molecule has 80 valence electrons. The summed E-state index contributed by atoms with van der Waals surface area (Å²) in [5, 5.41) is 9.06. The summed E-state index contributed by atoms with van der Waals surface area (Å²) in [5.74, 6) is -0.252. The van der Waals surface area contributed by atoms with Crippen molar-refractivity contribution in [2.45, 2.75) is 0 Å². The molecule has 0 aliphatic rings. The summed E-state index contributed by atoms with van der Waals surface area (Å²) < 4.78 is 9.38. The number of esters is 1. The van der Waals surface area contributed by atoms with Gasteiger partial charge in [0, 0.05) is 0 Å². The van der Waals surface area contributed by atoms with E-state index in [4.69, 9.17) is 9.84 Å². The molecule has 4 nitrogen and oxygen atoms in total. The first-order chi connectivity index (χ1) is 7.17. The van der Waals surface area contributed by atoms with E-state index in [1.165, 1.54) is 32.4 Å². The van der Waals surface area contributed by atoms with Crippen molar-refractivity contribution in [1.82, 2.24) is 0 Å². The zero-order valence-corrected chi connectivity index (χ0v) is 8.56. The van der Waals surface area contributed by atoms with Crippen LogP contribution in [0.1, 0.15) is 5.56 Å². The van der Waals surface area contributed by atoms with Crippen LogP contribution in [0.4, 0.5) is 0 Å². The maximum Gasteiger partial charge on any atom is 0.373 e. The van der Waals surface area contributed by atoms with E-state index in [0.29, 0.717) is 0 Å². The Balaban J connectivity index is 2.93. The maximum atomic E-state index is 11.1. The van der Waals surface area contributed by atoms with Crippen molar-refractivity contribution >= 4 is 12.0 Å². The number of hydrogen-bond acceptors (Lipinski definition) is 4. The Kier molecular flexibility index (Phi) is 3.74. The van der Waals surface area contributed by atoms with Crippen LogP contribution in [-0.4, -0.2) is 25.3 Å². The van der Waals surface area contributed by atoms with E-state index >= 15 is 0 Å². The van der Waals surface area contributed by atoms with Crippen LogP contribution in [0.25, 0.3) is 6.08 Å². The Morgan fingerprint density at radius 2 is 1.80 bits per heavy atom. The molecule has 15 heavy (non-hydrogen) atoms. The number of carbonyl (C=O) groups excluding carboxylic acids is 1. The lowest BCUT2D eigenvalue weighted by Crippen LogP contribution is -2.05. The quantitative estimate of drug-likeness (QED) is 0.465. The number of methoxy groups -OCH3 is 2. The number of hydrogen-bond donors (Lipinski definition) is 1. The molecule has 1 aromatic rings. The van der Waals surface area contributed by atoms with Gasteiger partial charge in [-0.05, 0) is 23.8 Å². The minimum absolute atomic E-state index is 0.114. The van der Waals surface area contributed by atoms with Crippen molar-refractivity contribution in [3.8, 4) is 5.75 Å². The lowest BCUT2D eigenvalue weighted by Gasteiger charge is -2.03. The molecule has 0 saturated carbocycles. The normalized spacial score (nSPS) is 10.9. The zero-order valence-electron chi connectivity index (χ0n) is 8.56. The maximum absolute atomic E-state index is 11.1. The smallest absolute Gasteiger partial charge is 0.373 e. The first-order valence-electron chi connectivity index (χ1n) is 4.30. The lowest BCUT2D eigenvalue weighted by molar-refractivity contribution is -0.139. The second-order valence-electron chi connectivity index (χ2n) is 2.80. The number of benzene rings is 1. The molecule has 0 aliphatic heterocycles. The van der Waals surface area contributed by atoms with Crippen molar-refractivity contribution in [3.63, 3.8) is 0 Å². The predicted molar refractivity (Wildman–Crippen MR) is 55.1 cm³/mol. The molecule has 0 heterocycles. The van der Waals surface area contributed by atoms with Gasteiger partial charge >= 0.3 is 5.97 Å². The summed E-state index contributed by atoms with van der Waals surface area (Å²) in [5.41, 5.74) is 0.745. The molecule has 0 atom stereocenters. The second-order valence-corrected chi connectivity index (χ2v) is 2.80. The van der Waals surface area contributed by atoms with Crippen molar-refractivity contribution < 1.29 is 19.4 Å². The van der Waals surface area contributed by atoms with Crippen LogP contribution in [0, 0.1) is 0 Å². The van der Waals surface area contributed by atoms with E-state index < -0.39 is 5.97 Å². The Bertz CT molecular complexity index is 365. The highest BCUT2D eigenvalue weighted by Gasteiger charge is 2.08. The van der Waals surface area contributed by atoms with Gasteiger partial charge < -0.3 is 14.6 Å². The molecule has 1 aromatic carbocycles. The number of aromatic hydroxyl groups is 1. The molecule has 1 N–H and O–H groups in total. The number of ether oxygens (including phenoxy) is 2. The molecule has 0 amide bonds. The summed E-state index contributed by atoms with van der Waals surface area (Å²) in [6.07, 6.45) is 1.53. The number of phenols is 1. The molecule has 0 saturated heterocycles. The minimum Gasteiger partial charge on any atom is -0.508 e. The van der Waals surface area contributed by atoms with Crippen LogP contribution in [0.2, 0.25) is 0 Å². The van der Waals surface area contributed by atoms with Crippen LogP contribution < -0.4 is 0 Å². The van der Waals surface area contributed by atoms with Crippen LogP contribution in [0.15, 0.2) is 30.0 Å². The van der Waals surface area contributed by atoms with Gasteiger partial charge in [0.15, 0.2) is 0 Å². The number of carbonyl (C=O) groups is 1. The van der Waals surface area contributed by atoms with Crippen molar-refractivity contribution in [2.24, 2.45) is 0 Å². The summed E-state index contributed by atoms with van der Waals surface area (Å²) in [7, 11) is 2.68. The van der Waals surface area contributed by atoms with Gasteiger partial charge in [0.25, 0.3) is 0 Å². The number of rotatable bonds is 3. The van der Waals surface area contributed by atoms with Gasteiger partial charge in [0.05, 0.1) is 14.2 Å². The third kappa shape index (κ3) is 3.02. The highest BCUT2D eigenvalue weighted by Crippen LogP contribution is 2.13. The SMILES string of the molecule is COC(=O)C(=Cc1ccc(O)cc1)OC. The predicted octanol–water partition coefficient (Wildman–Crippen LogP) is 1.55. The largest absolute Gasteiger partial charge is 0.508 e. The minimum atomic E-state index is -0.537. The monoisotopic (exact) mass is 208 g/mol. The van der Waals surface area contributed by atoms with Crippen LogP contribution in [-0.2, 0) is 14.3 Å². The van der Waals surface area contributed by atoms with Gasteiger partial charge in [-0.15, -0.1) is 0 Å². The first-order valence-corrected chi connectivity index (χ1v) is 4.30. The van der Waals surface area contributed by atoms with Crippen molar-refractivity contribution in [2.75, 3.05) is 14.2 Å². The molecule has 4 heteroatoms. The van der Waals surface area contributed by atoms with E-state index in [0.717, 1.165) is 5.56 Å². The molecular weight excluding hydrogens is 196 g/mol. The Labute approximate surface area is 87.7 Å². The molecule has 0 aromatic heterocycles. The van der Waals surface area contributed by atoms with Crippen molar-refractivity contribution in [1.29, 1.82) is 0 Å². The third-order valence-electron chi connectivity index (χ3n) is 1.80. The van der Waals surface area contributed by atoms with E-state index in [1.54, 1.807) is 12.1 Å². The Hall–Kier alpha value is -1.97. The van der Waals surface area contributed by atoms with Gasteiger partial charge in [-0.25, -0.2) is 4.79 Å². The van der Waals surface area contributed by atoms with Crippen LogP contribution in [0.5, 0.6) is 5.75 Å². The van der Waals surface area contributed by atoms with E-state index in [-0.39, 0.29) is 11.5 Å². The third-order valence-corrected chi connectivity index (χ3v) is 1.80. The summed E-state index contributed by atoms with van der Waals surface area (Å²) >= 11 is 0. The van der Waals surface area contributed by atoms with Gasteiger partial charge in [0.2, 0.25) is 5.76 Å². The average molecular weight is 208 g/mol. The zero-order chi connectivity index (χ0) is 11.3. The molecular formula is C11H12O4. The summed E-state index contributed by atoms with van der Waals surface area (Å²) in [6.45, 7) is 0. The Morgan fingerprint density at radius 1 is 1.20 bits per heavy atom. The summed E-state index contributed by atoms with van der Waals surface area (Å²) in [6, 6.07) is 6.38. The van der Waals surface area contributed by atoms with Gasteiger partial charge in [-0.1, -0.05) is 12.1 Å². The van der Waals surface area contributed by atoms with Crippen molar-refractivity contribution in [3.05, 3.63) is 35.6 Å². The van der Waals surface area contributed by atoms with Gasteiger partial charge in [-0.2, -0.15) is 0 Å². The molecule has 0 fully saturated rings. The van der Waals surface area contributed by atoms with E-state index in [2.05, 4.69) is 4.74 Å². The lowest BCUT2D eigenvalue weighted by atomic mass is 10.2. The topological polar surface area (TPSA) is 55.8 Å². The Morgan fingerprint density at radius 3 is 2.27 bits per heavy atom. The molecule has 0 unspecified atom stereocenters. The molecule has 0 bridgehead atoms. The fourth-order valence-corrected chi connectivity index (χ4v) is 1.02. The van der Waals surface area contributed by atoms with E-state index in [1.807, 2.05) is 0 Å². The highest BCUT2D eigenvalue weighted by atomic mass is 16.6. The van der Waals surface area contributed by atoms with Crippen LogP contribution in [0.3, 0.4) is 0 Å². The van der Waals surface area contributed by atoms with Crippen LogP contribution >= 0.6 is 0 Å². The fraction of sp³-hybridized carbons (Fsp3) is 0.182. The summed E-state index contributed by atoms with van der Waals surface area (Å²) in [4.78, 5) is 11.1. The highest BCUT2D eigenvalue weighted by molar-refractivity contribution is 5.91. The molecule has 0 spiro atoms. The first kappa shape index (κ1) is 11.1.